The van der Waals surface area contributed by atoms with Gasteiger partial charge in [0, 0.05) is 12.8 Å². The van der Waals surface area contributed by atoms with Crippen molar-refractivity contribution in [2.75, 3.05) is 0 Å². The molecule has 0 aliphatic heterocycles. The highest BCUT2D eigenvalue weighted by molar-refractivity contribution is 8.79. The zero-order valence-corrected chi connectivity index (χ0v) is 15.3. The maximum atomic E-state index is 2.30. The predicted octanol–water partition coefficient (Wildman–Crippen LogP) is 7.18. The molecule has 2 aliphatic rings. The van der Waals surface area contributed by atoms with Crippen LogP contribution in [0.4, 0.5) is 0 Å². The lowest BCUT2D eigenvalue weighted by molar-refractivity contribution is 0.960. The van der Waals surface area contributed by atoms with Crippen molar-refractivity contribution in [1.82, 2.24) is 0 Å². The first kappa shape index (κ1) is 16.0. The molecule has 0 nitrogen and oxygen atoms in total. The summed E-state index contributed by atoms with van der Waals surface area (Å²) in [5, 5.41) is 0. The van der Waals surface area contributed by atoms with Crippen molar-refractivity contribution in [2.45, 2.75) is 67.2 Å². The molecule has 0 aromatic rings. The standard InChI is InChI=1S/C18H26S2/c1-11-7-15(5)17(9-13(11)3)19-20-18-10-14(4)12(2)8-16(18)6/h7-10H2,1-6H3. The van der Waals surface area contributed by atoms with Gasteiger partial charge in [0.1, 0.15) is 0 Å². The van der Waals surface area contributed by atoms with Crippen molar-refractivity contribution >= 4 is 21.6 Å². The van der Waals surface area contributed by atoms with E-state index in [1.165, 1.54) is 12.8 Å². The Labute approximate surface area is 132 Å². The molecule has 20 heavy (non-hydrogen) atoms. The van der Waals surface area contributed by atoms with E-state index in [4.69, 9.17) is 0 Å². The summed E-state index contributed by atoms with van der Waals surface area (Å²) in [6.45, 7) is 13.7. The zero-order valence-electron chi connectivity index (χ0n) is 13.6. The number of rotatable bonds is 3. The zero-order chi connectivity index (χ0) is 14.9. The van der Waals surface area contributed by atoms with Gasteiger partial charge < -0.3 is 0 Å². The van der Waals surface area contributed by atoms with Crippen LogP contribution in [0.1, 0.15) is 67.2 Å². The maximum Gasteiger partial charge on any atom is 0.000120 e. The van der Waals surface area contributed by atoms with Crippen LogP contribution in [-0.4, -0.2) is 0 Å². The molecule has 0 N–H and O–H groups in total. The van der Waals surface area contributed by atoms with E-state index in [0.717, 1.165) is 12.8 Å². The summed E-state index contributed by atoms with van der Waals surface area (Å²) in [5.74, 6) is 0. The molecular weight excluding hydrogens is 280 g/mol. The van der Waals surface area contributed by atoms with Crippen LogP contribution in [0, 0.1) is 0 Å². The Kier molecular flexibility index (Phi) is 5.30. The van der Waals surface area contributed by atoms with E-state index in [2.05, 4.69) is 41.5 Å². The van der Waals surface area contributed by atoms with Crippen LogP contribution >= 0.6 is 21.6 Å². The van der Waals surface area contributed by atoms with Gasteiger partial charge in [-0.25, -0.2) is 0 Å². The van der Waals surface area contributed by atoms with E-state index in [1.807, 2.05) is 21.6 Å². The van der Waals surface area contributed by atoms with E-state index in [9.17, 15) is 0 Å². The lowest BCUT2D eigenvalue weighted by Gasteiger charge is -2.23. The van der Waals surface area contributed by atoms with E-state index >= 15 is 0 Å². The van der Waals surface area contributed by atoms with Crippen molar-refractivity contribution in [2.24, 2.45) is 0 Å². The molecule has 0 spiro atoms. The van der Waals surface area contributed by atoms with Crippen LogP contribution in [0.15, 0.2) is 43.2 Å². The molecule has 2 rings (SSSR count). The molecule has 0 saturated carbocycles. The van der Waals surface area contributed by atoms with Crippen LogP contribution in [0.5, 0.6) is 0 Å². The largest absolute Gasteiger partial charge is 0.0700 e. The SMILES string of the molecule is CC1=C(C)CC(SSC2=C(C)CC(C)=C(C)C2)=C(C)C1. The Morgan fingerprint density at radius 3 is 1.10 bits per heavy atom. The summed E-state index contributed by atoms with van der Waals surface area (Å²) < 4.78 is 0. The minimum absolute atomic E-state index is 1.16. The molecule has 0 radical (unpaired) electrons. The van der Waals surface area contributed by atoms with Crippen molar-refractivity contribution in [3.63, 3.8) is 0 Å². The van der Waals surface area contributed by atoms with Crippen molar-refractivity contribution < 1.29 is 0 Å². The van der Waals surface area contributed by atoms with Gasteiger partial charge in [-0.2, -0.15) is 0 Å². The number of hydrogen-bond acceptors (Lipinski definition) is 2. The van der Waals surface area contributed by atoms with Crippen LogP contribution < -0.4 is 0 Å². The van der Waals surface area contributed by atoms with Gasteiger partial charge >= 0.3 is 0 Å². The normalized spacial score (nSPS) is 21.3. The Morgan fingerprint density at radius 1 is 0.450 bits per heavy atom. The van der Waals surface area contributed by atoms with Crippen LogP contribution in [0.25, 0.3) is 0 Å². The van der Waals surface area contributed by atoms with Gasteiger partial charge in [-0.05, 0) is 64.2 Å². The Bertz CT molecular complexity index is 492. The van der Waals surface area contributed by atoms with E-state index < -0.39 is 0 Å². The highest BCUT2D eigenvalue weighted by Gasteiger charge is 2.17. The fourth-order valence-electron chi connectivity index (χ4n) is 2.68. The summed E-state index contributed by atoms with van der Waals surface area (Å²) >= 11 is 0. The first-order valence-corrected chi connectivity index (χ1v) is 9.55. The Balaban J connectivity index is 2.00. The van der Waals surface area contributed by atoms with Crippen molar-refractivity contribution in [3.05, 3.63) is 43.2 Å². The lowest BCUT2D eigenvalue weighted by atomic mass is 9.94. The third-order valence-corrected chi connectivity index (χ3v) is 7.49. The molecule has 0 fully saturated rings. The van der Waals surface area contributed by atoms with Crippen molar-refractivity contribution in [1.29, 1.82) is 0 Å². The van der Waals surface area contributed by atoms with E-state index in [0.29, 0.717) is 0 Å². The fraction of sp³-hybridized carbons (Fsp3) is 0.556. The number of hydrogen-bond donors (Lipinski definition) is 0. The van der Waals surface area contributed by atoms with E-state index in [-0.39, 0.29) is 0 Å². The van der Waals surface area contributed by atoms with Gasteiger partial charge in [0.2, 0.25) is 0 Å². The van der Waals surface area contributed by atoms with Gasteiger partial charge in [-0.15, -0.1) is 0 Å². The molecule has 0 bridgehead atoms. The van der Waals surface area contributed by atoms with Gasteiger partial charge in [0.25, 0.3) is 0 Å². The predicted molar refractivity (Wildman–Crippen MR) is 95.8 cm³/mol. The summed E-state index contributed by atoms with van der Waals surface area (Å²) in [7, 11) is 4.01. The van der Waals surface area contributed by atoms with Gasteiger partial charge in [0.05, 0.1) is 0 Å². The second kappa shape index (κ2) is 6.62. The second-order valence-electron chi connectivity index (χ2n) is 6.40. The molecule has 0 heterocycles. The highest BCUT2D eigenvalue weighted by Crippen LogP contribution is 2.48. The molecule has 0 atom stereocenters. The summed E-state index contributed by atoms with van der Waals surface area (Å²) in [6, 6.07) is 0. The molecule has 0 aromatic heterocycles. The molecule has 0 aromatic carbocycles. The Morgan fingerprint density at radius 2 is 0.750 bits per heavy atom. The fourth-order valence-corrected chi connectivity index (χ4v) is 5.67. The summed E-state index contributed by atoms with van der Waals surface area (Å²) in [5.41, 5.74) is 9.42. The molecule has 2 aliphatic carbocycles. The maximum absolute atomic E-state index is 2.30. The molecule has 110 valence electrons. The van der Waals surface area contributed by atoms with E-state index in [1.54, 1.807) is 43.2 Å². The third kappa shape index (κ3) is 3.65. The Hall–Kier alpha value is -0.340. The molecular formula is C18H26S2. The molecule has 0 saturated heterocycles. The lowest BCUT2D eigenvalue weighted by Crippen LogP contribution is -1.99. The topological polar surface area (TPSA) is 0 Å². The van der Waals surface area contributed by atoms with Gasteiger partial charge in [-0.1, -0.05) is 55.0 Å². The monoisotopic (exact) mass is 306 g/mol. The summed E-state index contributed by atoms with van der Waals surface area (Å²) in [4.78, 5) is 3.17. The molecule has 0 unspecified atom stereocenters. The van der Waals surface area contributed by atoms with Crippen LogP contribution in [-0.2, 0) is 0 Å². The molecule has 2 heteroatoms. The third-order valence-electron chi connectivity index (χ3n) is 4.56. The minimum atomic E-state index is 1.16. The van der Waals surface area contributed by atoms with Crippen molar-refractivity contribution in [3.8, 4) is 0 Å². The molecule has 0 amide bonds. The minimum Gasteiger partial charge on any atom is -0.0700 e. The van der Waals surface area contributed by atoms with Crippen LogP contribution in [0.3, 0.4) is 0 Å². The smallest absolute Gasteiger partial charge is 0.000120 e. The van der Waals surface area contributed by atoms with Crippen LogP contribution in [0.2, 0.25) is 0 Å². The second-order valence-corrected chi connectivity index (χ2v) is 8.72. The van der Waals surface area contributed by atoms with Gasteiger partial charge in [-0.3, -0.25) is 0 Å². The quantitative estimate of drug-likeness (QED) is 0.400. The summed E-state index contributed by atoms with van der Waals surface area (Å²) in [6.07, 6.45) is 4.67. The average molecular weight is 307 g/mol. The highest BCUT2D eigenvalue weighted by atomic mass is 33.1. The first-order chi connectivity index (χ1) is 9.38. The number of allylic oxidation sites excluding steroid dienone is 8. The average Bonchev–Trinajstić information content (AvgIpc) is 2.37. The van der Waals surface area contributed by atoms with Gasteiger partial charge in [0.15, 0.2) is 0 Å². The first-order valence-electron chi connectivity index (χ1n) is 7.40.